The second kappa shape index (κ2) is 10.5. The number of thioether (sulfide) groups is 1. The third kappa shape index (κ3) is 4.89. The van der Waals surface area contributed by atoms with Crippen molar-refractivity contribution in [2.75, 3.05) is 14.2 Å². The summed E-state index contributed by atoms with van der Waals surface area (Å²) in [6, 6.07) is 13.1. The third-order valence-corrected chi connectivity index (χ3v) is 6.66. The fourth-order valence-corrected chi connectivity index (χ4v) is 4.73. The number of hydrogen-bond donors (Lipinski definition) is 1. The van der Waals surface area contributed by atoms with Gasteiger partial charge in [-0.05, 0) is 65.9 Å². The fourth-order valence-electron chi connectivity index (χ4n) is 3.59. The number of amidine groups is 2. The van der Waals surface area contributed by atoms with Gasteiger partial charge in [-0.3, -0.25) is 15.2 Å². The summed E-state index contributed by atoms with van der Waals surface area (Å²) >= 11 is 7.63. The van der Waals surface area contributed by atoms with Gasteiger partial charge in [0.2, 0.25) is 5.17 Å². The maximum Gasteiger partial charge on any atom is 0.343 e. The number of methoxy groups -OCH3 is 2. The van der Waals surface area contributed by atoms with Crippen LogP contribution in [0, 0.1) is 5.41 Å². The van der Waals surface area contributed by atoms with Crippen molar-refractivity contribution >= 4 is 57.4 Å². The number of esters is 1. The van der Waals surface area contributed by atoms with Crippen molar-refractivity contribution in [3.05, 3.63) is 88.2 Å². The molecule has 3 aromatic rings. The number of benzene rings is 2. The molecule has 12 heteroatoms. The van der Waals surface area contributed by atoms with E-state index in [9.17, 15) is 9.59 Å². The highest BCUT2D eigenvalue weighted by molar-refractivity contribution is 8.27. The highest BCUT2D eigenvalue weighted by atomic mass is 35.5. The summed E-state index contributed by atoms with van der Waals surface area (Å²) in [6.07, 6.45) is 4.74. The topological polar surface area (TPSA) is 127 Å². The van der Waals surface area contributed by atoms with Crippen molar-refractivity contribution in [1.82, 2.24) is 9.99 Å². The summed E-state index contributed by atoms with van der Waals surface area (Å²) in [5.41, 5.74) is 1.45. The zero-order chi connectivity index (χ0) is 26.8. The van der Waals surface area contributed by atoms with Crippen LogP contribution in [-0.4, -0.2) is 52.1 Å². The van der Waals surface area contributed by atoms with E-state index in [1.807, 2.05) is 6.07 Å². The van der Waals surface area contributed by atoms with Gasteiger partial charge in [0.25, 0.3) is 5.91 Å². The number of aromatic nitrogens is 1. The van der Waals surface area contributed by atoms with E-state index in [0.29, 0.717) is 16.4 Å². The van der Waals surface area contributed by atoms with E-state index >= 15 is 0 Å². The van der Waals surface area contributed by atoms with Crippen molar-refractivity contribution in [3.8, 4) is 17.2 Å². The van der Waals surface area contributed by atoms with Crippen LogP contribution < -0.4 is 14.2 Å². The SMILES string of the molecule is COc1cccc(C(=O)Oc2c(Cl)cc(/C=C3/C(=N)N4N=C(c5cccnc5)SC4=NC3=O)cc2OC)c1. The molecule has 3 heterocycles. The molecule has 190 valence electrons. The lowest BCUT2D eigenvalue weighted by atomic mass is 10.1. The fraction of sp³-hybridized carbons (Fsp3) is 0.0769. The Morgan fingerprint density at radius 3 is 2.71 bits per heavy atom. The van der Waals surface area contributed by atoms with E-state index in [2.05, 4.69) is 15.1 Å². The van der Waals surface area contributed by atoms with Gasteiger partial charge in [0.05, 0.1) is 30.4 Å². The number of carbonyl (C=O) groups is 2. The average Bonchev–Trinajstić information content (AvgIpc) is 3.37. The number of hydrogen-bond acceptors (Lipinski definition) is 9. The second-order valence-corrected chi connectivity index (χ2v) is 9.19. The van der Waals surface area contributed by atoms with Crippen molar-refractivity contribution in [2.45, 2.75) is 0 Å². The Morgan fingerprint density at radius 1 is 1.13 bits per heavy atom. The molecular formula is C26H18ClN5O5S. The maximum absolute atomic E-state index is 12.8. The molecule has 1 N–H and O–H groups in total. The van der Waals surface area contributed by atoms with Gasteiger partial charge in [-0.25, -0.2) is 4.79 Å². The number of nitrogens with one attached hydrogen (secondary N) is 1. The molecule has 0 spiro atoms. The van der Waals surface area contributed by atoms with Gasteiger partial charge in [-0.15, -0.1) is 0 Å². The van der Waals surface area contributed by atoms with Gasteiger partial charge < -0.3 is 14.2 Å². The van der Waals surface area contributed by atoms with Gasteiger partial charge >= 0.3 is 5.97 Å². The van der Waals surface area contributed by atoms with Crippen LogP contribution in [0.4, 0.5) is 0 Å². The van der Waals surface area contributed by atoms with E-state index in [1.54, 1.807) is 36.7 Å². The lowest BCUT2D eigenvalue weighted by molar-refractivity contribution is -0.114. The summed E-state index contributed by atoms with van der Waals surface area (Å²) in [6.45, 7) is 0. The van der Waals surface area contributed by atoms with E-state index in [4.69, 9.17) is 31.2 Å². The quantitative estimate of drug-likeness (QED) is 0.269. The monoisotopic (exact) mass is 547 g/mol. The summed E-state index contributed by atoms with van der Waals surface area (Å²) in [5.74, 6) is -0.729. The van der Waals surface area contributed by atoms with Crippen LogP contribution in [0.1, 0.15) is 21.5 Å². The summed E-state index contributed by atoms with van der Waals surface area (Å²) < 4.78 is 16.1. The molecule has 2 aliphatic rings. The lowest BCUT2D eigenvalue weighted by Gasteiger charge is -2.20. The normalized spacial score (nSPS) is 15.7. The number of fused-ring (bicyclic) bond motifs is 1. The first-order valence-corrected chi connectivity index (χ1v) is 12.2. The number of pyridine rings is 1. The van der Waals surface area contributed by atoms with Crippen LogP contribution in [0.5, 0.6) is 17.2 Å². The molecule has 10 nitrogen and oxygen atoms in total. The Kier molecular flexibility index (Phi) is 6.95. The van der Waals surface area contributed by atoms with Crippen LogP contribution >= 0.6 is 23.4 Å². The smallest absolute Gasteiger partial charge is 0.343 e. The largest absolute Gasteiger partial charge is 0.497 e. The molecule has 0 bridgehead atoms. The van der Waals surface area contributed by atoms with E-state index in [-0.39, 0.29) is 38.7 Å². The molecule has 0 saturated carbocycles. The molecule has 0 fully saturated rings. The Hall–Kier alpha value is -4.48. The standard InChI is InChI=1S/C26H18ClN5O5S/c1-35-17-7-3-5-15(12-17)25(34)37-21-19(27)10-14(11-20(21)36-2)9-18-22(28)32-26(30-23(18)33)38-24(31-32)16-6-4-8-29-13-16/h3-13,28H,1-2H3/b18-9-,28-22?. The zero-order valence-electron chi connectivity index (χ0n) is 20.0. The molecule has 1 amide bonds. The Labute approximate surface area is 226 Å². The van der Waals surface area contributed by atoms with Crippen LogP contribution in [0.2, 0.25) is 5.02 Å². The highest BCUT2D eigenvalue weighted by Gasteiger charge is 2.36. The number of halogens is 1. The highest BCUT2D eigenvalue weighted by Crippen LogP contribution is 2.38. The summed E-state index contributed by atoms with van der Waals surface area (Å²) in [4.78, 5) is 33.7. The number of rotatable bonds is 6. The lowest BCUT2D eigenvalue weighted by Crippen LogP contribution is -2.35. The Balaban J connectivity index is 1.43. The minimum absolute atomic E-state index is 0.00443. The summed E-state index contributed by atoms with van der Waals surface area (Å²) in [7, 11) is 2.89. The molecule has 0 aliphatic carbocycles. The molecular weight excluding hydrogens is 530 g/mol. The van der Waals surface area contributed by atoms with Gasteiger partial charge in [-0.2, -0.15) is 15.1 Å². The number of ether oxygens (including phenoxy) is 3. The minimum Gasteiger partial charge on any atom is -0.497 e. The predicted octanol–water partition coefficient (Wildman–Crippen LogP) is 4.64. The molecule has 38 heavy (non-hydrogen) atoms. The second-order valence-electron chi connectivity index (χ2n) is 7.82. The Bertz CT molecular complexity index is 1570. The first-order chi connectivity index (χ1) is 18.4. The van der Waals surface area contributed by atoms with Crippen LogP contribution in [-0.2, 0) is 4.79 Å². The predicted molar refractivity (Wildman–Crippen MR) is 144 cm³/mol. The first-order valence-electron chi connectivity index (χ1n) is 11.0. The maximum atomic E-state index is 12.8. The van der Waals surface area contributed by atoms with E-state index < -0.39 is 11.9 Å². The average molecular weight is 548 g/mol. The van der Waals surface area contributed by atoms with Crippen LogP contribution in [0.25, 0.3) is 6.08 Å². The van der Waals surface area contributed by atoms with Crippen molar-refractivity contribution in [1.29, 1.82) is 5.41 Å². The van der Waals surface area contributed by atoms with Gasteiger partial charge in [0.1, 0.15) is 10.8 Å². The molecule has 1 aromatic heterocycles. The van der Waals surface area contributed by atoms with Crippen molar-refractivity contribution in [2.24, 2.45) is 10.1 Å². The molecule has 0 unspecified atom stereocenters. The molecule has 0 saturated heterocycles. The van der Waals surface area contributed by atoms with Gasteiger partial charge in [0.15, 0.2) is 17.3 Å². The number of nitrogens with zero attached hydrogens (tertiary/aromatic N) is 4. The molecule has 5 rings (SSSR count). The zero-order valence-corrected chi connectivity index (χ0v) is 21.5. The molecule has 0 radical (unpaired) electrons. The first kappa shape index (κ1) is 25.2. The van der Waals surface area contributed by atoms with Crippen LogP contribution in [0.15, 0.2) is 76.6 Å². The minimum atomic E-state index is -0.657. The van der Waals surface area contributed by atoms with Crippen molar-refractivity contribution < 1.29 is 23.8 Å². The molecule has 0 atom stereocenters. The van der Waals surface area contributed by atoms with E-state index in [0.717, 1.165) is 5.56 Å². The van der Waals surface area contributed by atoms with Gasteiger partial charge in [0, 0.05) is 18.0 Å². The number of hydrazone groups is 1. The number of carbonyl (C=O) groups excluding carboxylic acids is 2. The van der Waals surface area contributed by atoms with Crippen LogP contribution in [0.3, 0.4) is 0 Å². The van der Waals surface area contributed by atoms with Crippen molar-refractivity contribution in [3.63, 3.8) is 0 Å². The Morgan fingerprint density at radius 2 is 1.97 bits per heavy atom. The molecule has 2 aliphatic heterocycles. The number of aliphatic imine (C=N–C) groups is 1. The summed E-state index contributed by atoms with van der Waals surface area (Å²) in [5, 5.41) is 15.3. The number of amides is 1. The molecule has 2 aromatic carbocycles. The van der Waals surface area contributed by atoms with E-state index in [1.165, 1.54) is 55.3 Å². The van der Waals surface area contributed by atoms with Gasteiger partial charge in [-0.1, -0.05) is 17.7 Å². The third-order valence-electron chi connectivity index (χ3n) is 5.43.